The Kier molecular flexibility index (Phi) is 5.00. The van der Waals surface area contributed by atoms with Gasteiger partial charge in [0.2, 0.25) is 0 Å². The van der Waals surface area contributed by atoms with E-state index >= 15 is 0 Å². The van der Waals surface area contributed by atoms with Gasteiger partial charge in [0.1, 0.15) is 5.75 Å². The van der Waals surface area contributed by atoms with Gasteiger partial charge in [0.25, 0.3) is 11.8 Å². The molecule has 6 rings (SSSR count). The molecule has 0 fully saturated rings. The first-order valence-corrected chi connectivity index (χ1v) is 11.2. The van der Waals surface area contributed by atoms with Crippen LogP contribution in [-0.4, -0.2) is 21.8 Å². The fourth-order valence-corrected chi connectivity index (χ4v) is 4.12. The molecule has 170 valence electrons. The molecule has 1 aliphatic rings. The van der Waals surface area contributed by atoms with Crippen molar-refractivity contribution in [1.29, 1.82) is 0 Å². The summed E-state index contributed by atoms with van der Waals surface area (Å²) in [6.07, 6.45) is 1.68. The van der Waals surface area contributed by atoms with Gasteiger partial charge in [-0.25, -0.2) is 4.98 Å². The highest BCUT2D eigenvalue weighted by Gasteiger charge is 2.21. The van der Waals surface area contributed by atoms with Crippen LogP contribution in [0, 0.1) is 0 Å². The molecule has 0 spiro atoms. The van der Waals surface area contributed by atoms with Crippen molar-refractivity contribution in [1.82, 2.24) is 15.3 Å². The van der Waals surface area contributed by atoms with E-state index in [-0.39, 0.29) is 11.8 Å². The predicted molar refractivity (Wildman–Crippen MR) is 134 cm³/mol. The molecule has 1 aliphatic heterocycles. The lowest BCUT2D eigenvalue weighted by Gasteiger charge is -2.11. The quantitative estimate of drug-likeness (QED) is 0.329. The highest BCUT2D eigenvalue weighted by molar-refractivity contribution is 6.08. The molecule has 7 nitrogen and oxygen atoms in total. The maximum absolute atomic E-state index is 12.8. The lowest BCUT2D eigenvalue weighted by molar-refractivity contribution is 0.0949. The van der Waals surface area contributed by atoms with Gasteiger partial charge in [-0.2, -0.15) is 0 Å². The Labute approximate surface area is 200 Å². The molecule has 5 aromatic rings. The lowest BCUT2D eigenvalue weighted by Crippen LogP contribution is -2.23. The molecule has 2 heterocycles. The second kappa shape index (κ2) is 8.46. The molecule has 0 radical (unpaired) electrons. The summed E-state index contributed by atoms with van der Waals surface area (Å²) in [6.45, 7) is 0.379. The van der Waals surface area contributed by atoms with Crippen LogP contribution in [0.2, 0.25) is 0 Å². The van der Waals surface area contributed by atoms with Crippen LogP contribution in [-0.2, 0) is 6.54 Å². The van der Waals surface area contributed by atoms with Gasteiger partial charge in [-0.05, 0) is 59.2 Å². The van der Waals surface area contributed by atoms with E-state index in [0.717, 1.165) is 27.7 Å². The number of fused-ring (bicyclic) bond motifs is 3. The number of carbonyl (C=O) groups excluding carboxylic acids is 2. The number of H-pyrrole nitrogens is 1. The zero-order chi connectivity index (χ0) is 23.8. The molecule has 0 aliphatic carbocycles. The van der Waals surface area contributed by atoms with E-state index < -0.39 is 0 Å². The number of benzene rings is 4. The first-order chi connectivity index (χ1) is 17.1. The van der Waals surface area contributed by atoms with E-state index in [1.54, 1.807) is 42.7 Å². The molecule has 0 unspecified atom stereocenters. The molecule has 35 heavy (non-hydrogen) atoms. The molecule has 3 N–H and O–H groups in total. The Balaban J connectivity index is 1.14. The number of para-hydroxylation sites is 1. The predicted octanol–water partition coefficient (Wildman–Crippen LogP) is 5.52. The number of imidazole rings is 1. The van der Waals surface area contributed by atoms with Crippen LogP contribution < -0.4 is 15.4 Å². The van der Waals surface area contributed by atoms with Crippen molar-refractivity contribution in [3.63, 3.8) is 0 Å². The van der Waals surface area contributed by atoms with Crippen molar-refractivity contribution >= 4 is 28.5 Å². The maximum atomic E-state index is 12.8. The third-order valence-corrected chi connectivity index (χ3v) is 6.00. The Morgan fingerprint density at radius 1 is 0.886 bits per heavy atom. The summed E-state index contributed by atoms with van der Waals surface area (Å²) in [6, 6.07) is 26.2. The summed E-state index contributed by atoms with van der Waals surface area (Å²) in [5.41, 5.74) is 6.41. The van der Waals surface area contributed by atoms with E-state index in [1.165, 1.54) is 0 Å². The number of ether oxygens (including phenoxy) is 1. The van der Waals surface area contributed by atoms with Crippen LogP contribution >= 0.6 is 0 Å². The molecule has 2 amide bonds. The highest BCUT2D eigenvalue weighted by atomic mass is 16.5. The minimum atomic E-state index is -0.274. The average molecular weight is 460 g/mol. The van der Waals surface area contributed by atoms with Gasteiger partial charge < -0.3 is 20.4 Å². The van der Waals surface area contributed by atoms with Gasteiger partial charge in [0.05, 0.1) is 28.6 Å². The standard InChI is InChI=1S/C28H20N4O3/c33-27(20-10-12-26-24(14-20)32-28(34)21-3-1-2-4-25(21)35-26)29-15-17-5-7-18(8-6-17)19-9-11-22-23(13-19)31-16-30-22/h1-14,16H,15H2,(H,29,33)(H,30,31)(H,32,34). The summed E-state index contributed by atoms with van der Waals surface area (Å²) < 4.78 is 5.88. The van der Waals surface area contributed by atoms with E-state index in [0.29, 0.717) is 34.9 Å². The summed E-state index contributed by atoms with van der Waals surface area (Å²) in [5, 5.41) is 5.77. The summed E-state index contributed by atoms with van der Waals surface area (Å²) in [7, 11) is 0. The lowest BCUT2D eigenvalue weighted by atomic mass is 10.0. The third kappa shape index (κ3) is 4.00. The molecular formula is C28H20N4O3. The number of aromatic amines is 1. The zero-order valence-electron chi connectivity index (χ0n) is 18.5. The number of amides is 2. The number of rotatable bonds is 4. The van der Waals surface area contributed by atoms with Crippen molar-refractivity contribution in [3.05, 3.63) is 108 Å². The highest BCUT2D eigenvalue weighted by Crippen LogP contribution is 2.36. The number of aromatic nitrogens is 2. The number of nitrogens with zero attached hydrogens (tertiary/aromatic N) is 1. The number of hydrogen-bond acceptors (Lipinski definition) is 4. The molecule has 0 saturated carbocycles. The topological polar surface area (TPSA) is 96.1 Å². The van der Waals surface area contributed by atoms with Crippen molar-refractivity contribution < 1.29 is 14.3 Å². The summed E-state index contributed by atoms with van der Waals surface area (Å²) in [4.78, 5) is 32.7. The van der Waals surface area contributed by atoms with Crippen LogP contribution in [0.1, 0.15) is 26.3 Å². The molecular weight excluding hydrogens is 440 g/mol. The number of carbonyl (C=O) groups is 2. The maximum Gasteiger partial charge on any atom is 0.259 e. The van der Waals surface area contributed by atoms with E-state index in [2.05, 4.69) is 26.7 Å². The zero-order valence-corrected chi connectivity index (χ0v) is 18.5. The van der Waals surface area contributed by atoms with Crippen LogP contribution in [0.15, 0.2) is 91.3 Å². The van der Waals surface area contributed by atoms with Crippen molar-refractivity contribution in [2.75, 3.05) is 5.32 Å². The van der Waals surface area contributed by atoms with Gasteiger partial charge in [-0.3, -0.25) is 9.59 Å². The summed E-state index contributed by atoms with van der Waals surface area (Å²) in [5.74, 6) is 0.457. The fraction of sp³-hybridized carbons (Fsp3) is 0.0357. The average Bonchev–Trinajstić information content (AvgIpc) is 3.31. The first-order valence-electron chi connectivity index (χ1n) is 11.2. The molecule has 4 aromatic carbocycles. The number of nitrogens with one attached hydrogen (secondary N) is 3. The van der Waals surface area contributed by atoms with Gasteiger partial charge in [0, 0.05) is 12.1 Å². The monoisotopic (exact) mass is 460 g/mol. The largest absolute Gasteiger partial charge is 0.454 e. The van der Waals surface area contributed by atoms with E-state index in [4.69, 9.17) is 4.74 Å². The van der Waals surface area contributed by atoms with Gasteiger partial charge >= 0.3 is 0 Å². The fourth-order valence-electron chi connectivity index (χ4n) is 4.12. The van der Waals surface area contributed by atoms with Crippen molar-refractivity contribution in [2.45, 2.75) is 6.54 Å². The Hall–Kier alpha value is -4.91. The SMILES string of the molecule is O=C(NCc1ccc(-c2ccc3nc[nH]c3c2)cc1)c1ccc2c(c1)NC(=O)c1ccccc1O2. The van der Waals surface area contributed by atoms with Crippen molar-refractivity contribution in [2.24, 2.45) is 0 Å². The van der Waals surface area contributed by atoms with E-state index in [1.807, 2.05) is 42.5 Å². The van der Waals surface area contributed by atoms with Gasteiger partial charge in [0.15, 0.2) is 5.75 Å². The van der Waals surface area contributed by atoms with E-state index in [9.17, 15) is 9.59 Å². The van der Waals surface area contributed by atoms with Crippen LogP contribution in [0.3, 0.4) is 0 Å². The van der Waals surface area contributed by atoms with Gasteiger partial charge in [-0.15, -0.1) is 0 Å². The smallest absolute Gasteiger partial charge is 0.259 e. The molecule has 0 atom stereocenters. The Morgan fingerprint density at radius 3 is 2.60 bits per heavy atom. The molecule has 0 bridgehead atoms. The second-order valence-electron chi connectivity index (χ2n) is 8.28. The first kappa shape index (κ1) is 20.7. The number of hydrogen-bond donors (Lipinski definition) is 3. The second-order valence-corrected chi connectivity index (χ2v) is 8.28. The summed E-state index contributed by atoms with van der Waals surface area (Å²) >= 11 is 0. The molecule has 7 heteroatoms. The third-order valence-electron chi connectivity index (χ3n) is 6.00. The molecule has 0 saturated heterocycles. The normalized spacial score (nSPS) is 12.2. The van der Waals surface area contributed by atoms with Crippen molar-refractivity contribution in [3.8, 4) is 22.6 Å². The van der Waals surface area contributed by atoms with Gasteiger partial charge in [-0.1, -0.05) is 42.5 Å². The number of anilines is 1. The minimum Gasteiger partial charge on any atom is -0.454 e. The Morgan fingerprint density at radius 2 is 1.71 bits per heavy atom. The van der Waals surface area contributed by atoms with Crippen LogP contribution in [0.25, 0.3) is 22.2 Å². The minimum absolute atomic E-state index is 0.238. The van der Waals surface area contributed by atoms with Crippen LogP contribution in [0.5, 0.6) is 11.5 Å². The van der Waals surface area contributed by atoms with Crippen LogP contribution in [0.4, 0.5) is 5.69 Å². The Bertz CT molecular complexity index is 1590. The molecule has 1 aromatic heterocycles.